The van der Waals surface area contributed by atoms with Crippen LogP contribution in [0.4, 0.5) is 5.69 Å². The zero-order valence-corrected chi connectivity index (χ0v) is 16.7. The third kappa shape index (κ3) is 5.73. The molecule has 7 heteroatoms. The number of carbonyl (C=O) groups is 2. The first kappa shape index (κ1) is 19.8. The summed E-state index contributed by atoms with van der Waals surface area (Å²) in [4.78, 5) is 26.5. The zero-order valence-electron chi connectivity index (χ0n) is 13.6. The van der Waals surface area contributed by atoms with Crippen molar-refractivity contribution in [2.75, 3.05) is 18.4 Å². The van der Waals surface area contributed by atoms with Crippen LogP contribution < -0.4 is 5.32 Å². The van der Waals surface area contributed by atoms with Gasteiger partial charge in [-0.05, 0) is 48.9 Å². The number of hydrogen-bond donors (Lipinski definition) is 1. The first-order valence-electron chi connectivity index (χ1n) is 7.70. The maximum atomic E-state index is 12.6. The fourth-order valence-electron chi connectivity index (χ4n) is 2.25. The van der Waals surface area contributed by atoms with E-state index >= 15 is 0 Å². The van der Waals surface area contributed by atoms with Crippen molar-refractivity contribution >= 4 is 56.6 Å². The molecule has 0 aliphatic carbocycles. The minimum absolute atomic E-state index is 0.0639. The van der Waals surface area contributed by atoms with Gasteiger partial charge in [-0.25, -0.2) is 0 Å². The Bertz CT molecular complexity index is 766. The summed E-state index contributed by atoms with van der Waals surface area (Å²) in [5.74, 6) is -0.523. The molecule has 0 aromatic heterocycles. The lowest BCUT2D eigenvalue weighted by atomic mass is 10.2. The molecule has 0 saturated heterocycles. The normalized spacial score (nSPS) is 10.4. The van der Waals surface area contributed by atoms with Crippen molar-refractivity contribution in [3.05, 3.63) is 62.5 Å². The van der Waals surface area contributed by atoms with Crippen molar-refractivity contribution in [1.82, 2.24) is 4.90 Å². The Hall–Kier alpha value is -1.56. The monoisotopic (exact) mass is 442 g/mol. The molecule has 0 aliphatic heterocycles. The molecule has 0 aliphatic rings. The number of nitrogens with one attached hydrogen (secondary N) is 1. The van der Waals surface area contributed by atoms with E-state index in [-0.39, 0.29) is 18.4 Å². The van der Waals surface area contributed by atoms with Crippen LogP contribution in [0, 0.1) is 0 Å². The van der Waals surface area contributed by atoms with Crippen LogP contribution in [0.2, 0.25) is 10.0 Å². The van der Waals surface area contributed by atoms with Gasteiger partial charge in [0.2, 0.25) is 5.91 Å². The van der Waals surface area contributed by atoms with E-state index in [1.165, 1.54) is 4.90 Å². The van der Waals surface area contributed by atoms with Gasteiger partial charge in [-0.15, -0.1) is 0 Å². The molecule has 0 fully saturated rings. The second-order valence-corrected chi connectivity index (χ2v) is 7.17. The van der Waals surface area contributed by atoms with Crippen LogP contribution in [0.15, 0.2) is 46.9 Å². The third-order valence-corrected chi connectivity index (χ3v) is 4.50. The van der Waals surface area contributed by atoms with Crippen molar-refractivity contribution in [3.63, 3.8) is 0 Å². The highest BCUT2D eigenvalue weighted by Gasteiger charge is 2.18. The first-order chi connectivity index (χ1) is 11.9. The molecule has 2 aromatic carbocycles. The lowest BCUT2D eigenvalue weighted by Gasteiger charge is -2.22. The molecule has 0 atom stereocenters. The SMILES string of the molecule is CCCN(CC(=O)Nc1cc(Cl)ccc1Cl)C(=O)c1ccc(Br)cc1. The van der Waals surface area contributed by atoms with Gasteiger partial charge in [0.05, 0.1) is 10.7 Å². The number of nitrogens with zero attached hydrogens (tertiary/aromatic N) is 1. The van der Waals surface area contributed by atoms with Crippen LogP contribution in [-0.4, -0.2) is 29.8 Å². The standard InChI is InChI=1S/C18H17BrCl2N2O2/c1-2-9-23(18(25)12-3-5-13(19)6-4-12)11-17(24)22-16-10-14(20)7-8-15(16)21/h3-8,10H,2,9,11H2,1H3,(H,22,24). The molecule has 0 heterocycles. The van der Waals surface area contributed by atoms with Gasteiger partial charge in [-0.3, -0.25) is 9.59 Å². The number of benzene rings is 2. The molecule has 2 aromatic rings. The van der Waals surface area contributed by atoms with Crippen LogP contribution in [0.5, 0.6) is 0 Å². The van der Waals surface area contributed by atoms with Gasteiger partial charge in [0.15, 0.2) is 0 Å². The van der Waals surface area contributed by atoms with Crippen LogP contribution in [0.25, 0.3) is 0 Å². The predicted octanol–water partition coefficient (Wildman–Crippen LogP) is 5.25. The molecule has 1 N–H and O–H groups in total. The molecule has 0 saturated carbocycles. The average molecular weight is 444 g/mol. The Morgan fingerprint density at radius 1 is 1.12 bits per heavy atom. The van der Waals surface area contributed by atoms with E-state index in [1.807, 2.05) is 6.92 Å². The van der Waals surface area contributed by atoms with Crippen LogP contribution in [-0.2, 0) is 4.79 Å². The lowest BCUT2D eigenvalue weighted by Crippen LogP contribution is -2.38. The average Bonchev–Trinajstić information content (AvgIpc) is 2.58. The highest BCUT2D eigenvalue weighted by atomic mass is 79.9. The molecule has 4 nitrogen and oxygen atoms in total. The van der Waals surface area contributed by atoms with Gasteiger partial charge in [-0.1, -0.05) is 46.1 Å². The maximum absolute atomic E-state index is 12.6. The molecule has 0 radical (unpaired) electrons. The van der Waals surface area contributed by atoms with Crippen molar-refractivity contribution in [2.45, 2.75) is 13.3 Å². The van der Waals surface area contributed by atoms with E-state index in [0.717, 1.165) is 10.9 Å². The van der Waals surface area contributed by atoms with Gasteiger partial charge in [-0.2, -0.15) is 0 Å². The van der Waals surface area contributed by atoms with Crippen LogP contribution in [0.1, 0.15) is 23.7 Å². The largest absolute Gasteiger partial charge is 0.329 e. The summed E-state index contributed by atoms with van der Waals surface area (Å²) >= 11 is 15.3. The first-order valence-corrected chi connectivity index (χ1v) is 9.25. The van der Waals surface area contributed by atoms with E-state index in [2.05, 4.69) is 21.2 Å². The third-order valence-electron chi connectivity index (χ3n) is 3.41. The Labute approximate surface area is 165 Å². The zero-order chi connectivity index (χ0) is 18.4. The highest BCUT2D eigenvalue weighted by Crippen LogP contribution is 2.25. The fourth-order valence-corrected chi connectivity index (χ4v) is 2.85. The summed E-state index contributed by atoms with van der Waals surface area (Å²) in [5.41, 5.74) is 0.956. The summed E-state index contributed by atoms with van der Waals surface area (Å²) in [6.07, 6.45) is 0.744. The summed E-state index contributed by atoms with van der Waals surface area (Å²) in [7, 11) is 0. The summed E-state index contributed by atoms with van der Waals surface area (Å²) in [6, 6.07) is 11.9. The Kier molecular flexibility index (Phi) is 7.29. The fraction of sp³-hybridized carbons (Fsp3) is 0.222. The summed E-state index contributed by atoms with van der Waals surface area (Å²) in [5, 5.41) is 3.56. The number of rotatable bonds is 6. The number of halogens is 3. The topological polar surface area (TPSA) is 49.4 Å². The quantitative estimate of drug-likeness (QED) is 0.662. The van der Waals surface area contributed by atoms with E-state index in [9.17, 15) is 9.59 Å². The molecule has 132 valence electrons. The number of hydrogen-bond acceptors (Lipinski definition) is 2. The van der Waals surface area contributed by atoms with Crippen molar-refractivity contribution in [1.29, 1.82) is 0 Å². The Morgan fingerprint density at radius 2 is 1.80 bits per heavy atom. The van der Waals surface area contributed by atoms with Crippen molar-refractivity contribution in [2.24, 2.45) is 0 Å². The van der Waals surface area contributed by atoms with Crippen molar-refractivity contribution < 1.29 is 9.59 Å². The van der Waals surface area contributed by atoms with E-state index in [4.69, 9.17) is 23.2 Å². The molecule has 0 spiro atoms. The number of anilines is 1. The van der Waals surface area contributed by atoms with Crippen LogP contribution >= 0.6 is 39.1 Å². The van der Waals surface area contributed by atoms with Gasteiger partial charge in [0, 0.05) is 21.6 Å². The van der Waals surface area contributed by atoms with E-state index < -0.39 is 0 Å². The number of carbonyl (C=O) groups excluding carboxylic acids is 2. The van der Waals surface area contributed by atoms with Gasteiger partial charge in [0.1, 0.15) is 6.54 Å². The maximum Gasteiger partial charge on any atom is 0.254 e. The molecule has 2 rings (SSSR count). The molecule has 0 unspecified atom stereocenters. The summed E-state index contributed by atoms with van der Waals surface area (Å²) in [6.45, 7) is 2.37. The molecular weight excluding hydrogens is 427 g/mol. The van der Waals surface area contributed by atoms with Gasteiger partial charge < -0.3 is 10.2 Å². The van der Waals surface area contributed by atoms with E-state index in [0.29, 0.717) is 27.8 Å². The molecule has 25 heavy (non-hydrogen) atoms. The van der Waals surface area contributed by atoms with E-state index in [1.54, 1.807) is 42.5 Å². The van der Waals surface area contributed by atoms with Gasteiger partial charge >= 0.3 is 0 Å². The lowest BCUT2D eigenvalue weighted by molar-refractivity contribution is -0.116. The van der Waals surface area contributed by atoms with Crippen molar-refractivity contribution in [3.8, 4) is 0 Å². The minimum atomic E-state index is -0.330. The second kappa shape index (κ2) is 9.22. The molecule has 0 bridgehead atoms. The summed E-state index contributed by atoms with van der Waals surface area (Å²) < 4.78 is 0.888. The minimum Gasteiger partial charge on any atom is -0.329 e. The van der Waals surface area contributed by atoms with Crippen LogP contribution in [0.3, 0.4) is 0 Å². The number of amides is 2. The smallest absolute Gasteiger partial charge is 0.254 e. The Balaban J connectivity index is 2.09. The predicted molar refractivity (Wildman–Crippen MR) is 105 cm³/mol. The highest BCUT2D eigenvalue weighted by molar-refractivity contribution is 9.10. The van der Waals surface area contributed by atoms with Gasteiger partial charge in [0.25, 0.3) is 5.91 Å². The molecule has 2 amide bonds. The molecular formula is C18H17BrCl2N2O2. The second-order valence-electron chi connectivity index (χ2n) is 5.41. The Morgan fingerprint density at radius 3 is 2.44 bits per heavy atom.